The maximum Gasteiger partial charge on any atom is 0.398 e. The molecular formula is C5H7BrClN4+. The largest absolute Gasteiger partial charge is 0.398 e. The normalized spacial score (nSPS) is 9.82. The van der Waals surface area contributed by atoms with Crippen molar-refractivity contribution in [3.63, 3.8) is 0 Å². The summed E-state index contributed by atoms with van der Waals surface area (Å²) in [5.74, 6) is 5.68. The van der Waals surface area contributed by atoms with Crippen molar-refractivity contribution in [3.8, 4) is 0 Å². The van der Waals surface area contributed by atoms with Crippen LogP contribution in [-0.4, -0.2) is 4.98 Å². The summed E-state index contributed by atoms with van der Waals surface area (Å²) in [5, 5.41) is 0.376. The van der Waals surface area contributed by atoms with Crippen LogP contribution in [0.5, 0.6) is 0 Å². The van der Waals surface area contributed by atoms with E-state index in [4.69, 9.17) is 17.4 Å². The molecule has 1 rings (SSSR count). The summed E-state index contributed by atoms with van der Waals surface area (Å²) in [7, 11) is 1.79. The summed E-state index contributed by atoms with van der Waals surface area (Å²) >= 11 is 8.96. The molecule has 0 spiro atoms. The SMILES string of the molecule is C[n+]1cc(Br)c(NN)nc1Cl. The van der Waals surface area contributed by atoms with Crippen LogP contribution in [0.1, 0.15) is 0 Å². The predicted molar refractivity (Wildman–Crippen MR) is 45.9 cm³/mol. The van der Waals surface area contributed by atoms with Crippen molar-refractivity contribution >= 4 is 33.3 Å². The third kappa shape index (κ3) is 1.79. The number of nitrogens with two attached hydrogens (primary N) is 1. The molecule has 0 aliphatic carbocycles. The van der Waals surface area contributed by atoms with Crippen LogP contribution in [-0.2, 0) is 7.05 Å². The predicted octanol–water partition coefficient (Wildman–Crippen LogP) is 0.608. The number of nitrogens with zero attached hydrogens (tertiary/aromatic N) is 2. The number of nitrogen functional groups attached to an aromatic ring is 1. The molecule has 4 nitrogen and oxygen atoms in total. The Balaban J connectivity index is 3.21. The fourth-order valence-electron chi connectivity index (χ4n) is 0.610. The lowest BCUT2D eigenvalue weighted by atomic mass is 10.6. The van der Waals surface area contributed by atoms with Crippen LogP contribution in [0.2, 0.25) is 5.28 Å². The van der Waals surface area contributed by atoms with Gasteiger partial charge in [-0.3, -0.25) is 5.43 Å². The molecule has 3 N–H and O–H groups in total. The topological polar surface area (TPSA) is 54.8 Å². The molecular weight excluding hydrogens is 231 g/mol. The lowest BCUT2D eigenvalue weighted by Gasteiger charge is -1.96. The Morgan fingerprint density at radius 1 is 1.82 bits per heavy atom. The minimum Gasteiger partial charge on any atom is -0.286 e. The van der Waals surface area contributed by atoms with Crippen LogP contribution in [0.4, 0.5) is 5.82 Å². The van der Waals surface area contributed by atoms with Crippen molar-refractivity contribution in [3.05, 3.63) is 16.0 Å². The van der Waals surface area contributed by atoms with Crippen molar-refractivity contribution in [2.45, 2.75) is 0 Å². The molecule has 6 heteroatoms. The van der Waals surface area contributed by atoms with Crippen molar-refractivity contribution in [2.24, 2.45) is 12.9 Å². The number of aryl methyl sites for hydroxylation is 1. The van der Waals surface area contributed by atoms with E-state index >= 15 is 0 Å². The molecule has 0 saturated heterocycles. The van der Waals surface area contributed by atoms with Gasteiger partial charge in [-0.25, -0.2) is 10.4 Å². The first-order valence-corrected chi connectivity index (χ1v) is 4.00. The van der Waals surface area contributed by atoms with E-state index in [1.165, 1.54) is 0 Å². The van der Waals surface area contributed by atoms with Gasteiger partial charge in [0.05, 0.1) is 7.05 Å². The van der Waals surface area contributed by atoms with E-state index in [1.54, 1.807) is 17.8 Å². The molecule has 0 aliphatic heterocycles. The van der Waals surface area contributed by atoms with Crippen molar-refractivity contribution in [1.82, 2.24) is 4.98 Å². The Morgan fingerprint density at radius 2 is 2.45 bits per heavy atom. The van der Waals surface area contributed by atoms with Gasteiger partial charge in [-0.05, 0) is 20.9 Å². The summed E-state index contributed by atoms with van der Waals surface area (Å²) in [5.41, 5.74) is 2.41. The zero-order valence-corrected chi connectivity index (χ0v) is 8.15. The molecule has 1 aromatic rings. The van der Waals surface area contributed by atoms with Crippen LogP contribution in [0.15, 0.2) is 10.7 Å². The Kier molecular flexibility index (Phi) is 2.64. The number of halogens is 2. The van der Waals surface area contributed by atoms with Crippen LogP contribution in [0.3, 0.4) is 0 Å². The third-order valence-corrected chi connectivity index (χ3v) is 2.10. The van der Waals surface area contributed by atoms with Crippen LogP contribution in [0.25, 0.3) is 0 Å². The zero-order valence-electron chi connectivity index (χ0n) is 5.81. The molecule has 1 aromatic heterocycles. The maximum absolute atomic E-state index is 5.70. The number of hydrogen-bond donors (Lipinski definition) is 2. The van der Waals surface area contributed by atoms with Gasteiger partial charge in [0.1, 0.15) is 10.7 Å². The third-order valence-electron chi connectivity index (χ3n) is 1.17. The van der Waals surface area contributed by atoms with Crippen LogP contribution in [0, 0.1) is 0 Å². The van der Waals surface area contributed by atoms with Gasteiger partial charge < -0.3 is 0 Å². The molecule has 0 atom stereocenters. The van der Waals surface area contributed by atoms with Gasteiger partial charge in [0.15, 0.2) is 0 Å². The summed E-state index contributed by atoms with van der Waals surface area (Å²) in [6, 6.07) is 0. The van der Waals surface area contributed by atoms with Crippen LogP contribution >= 0.6 is 27.5 Å². The van der Waals surface area contributed by atoms with E-state index in [-0.39, 0.29) is 0 Å². The number of nitrogens with one attached hydrogen (secondary N) is 1. The molecule has 0 aromatic carbocycles. The first kappa shape index (κ1) is 8.70. The lowest BCUT2D eigenvalue weighted by molar-refractivity contribution is -0.672. The fourth-order valence-corrected chi connectivity index (χ4v) is 1.25. The van der Waals surface area contributed by atoms with Crippen LogP contribution < -0.4 is 15.8 Å². The maximum atomic E-state index is 5.70. The van der Waals surface area contributed by atoms with E-state index in [1.807, 2.05) is 0 Å². The first-order chi connectivity index (χ1) is 5.15. The van der Waals surface area contributed by atoms with E-state index in [0.717, 1.165) is 4.47 Å². The number of anilines is 1. The second-order valence-electron chi connectivity index (χ2n) is 1.96. The molecule has 0 amide bonds. The fraction of sp³-hybridized carbons (Fsp3) is 0.200. The molecule has 11 heavy (non-hydrogen) atoms. The van der Waals surface area contributed by atoms with Crippen molar-refractivity contribution in [2.75, 3.05) is 5.43 Å². The molecule has 1 heterocycles. The van der Waals surface area contributed by atoms with Crippen molar-refractivity contribution in [1.29, 1.82) is 0 Å². The standard InChI is InChI=1S/C5H6BrClN4/c1-11-2-3(6)4(10-8)9-5(11)7/h2H,8H2,1H3/p+1. The molecule has 60 valence electrons. The Morgan fingerprint density at radius 3 is 3.00 bits per heavy atom. The molecule has 0 bridgehead atoms. The average molecular weight is 238 g/mol. The molecule has 0 aliphatic rings. The smallest absolute Gasteiger partial charge is 0.286 e. The van der Waals surface area contributed by atoms with Gasteiger partial charge in [-0.2, -0.15) is 0 Å². The number of rotatable bonds is 1. The van der Waals surface area contributed by atoms with Gasteiger partial charge >= 0.3 is 5.28 Å². The number of hydrogen-bond acceptors (Lipinski definition) is 3. The minimum atomic E-state index is 0.376. The lowest BCUT2D eigenvalue weighted by Crippen LogP contribution is -2.31. The summed E-state index contributed by atoms with van der Waals surface area (Å²) in [6.45, 7) is 0. The molecule has 0 radical (unpaired) electrons. The van der Waals surface area contributed by atoms with Gasteiger partial charge in [0.2, 0.25) is 0 Å². The summed E-state index contributed by atoms with van der Waals surface area (Å²) < 4.78 is 2.44. The van der Waals surface area contributed by atoms with E-state index < -0.39 is 0 Å². The molecule has 0 saturated carbocycles. The average Bonchev–Trinajstić information content (AvgIpc) is 1.97. The monoisotopic (exact) mass is 237 g/mol. The first-order valence-electron chi connectivity index (χ1n) is 2.83. The Labute approximate surface area is 77.5 Å². The van der Waals surface area contributed by atoms with Crippen molar-refractivity contribution < 1.29 is 4.57 Å². The second-order valence-corrected chi connectivity index (χ2v) is 3.15. The Bertz CT molecular complexity index is 277. The summed E-state index contributed by atoms with van der Waals surface area (Å²) in [6.07, 6.45) is 1.77. The van der Waals surface area contributed by atoms with Gasteiger partial charge in [-0.1, -0.05) is 0 Å². The van der Waals surface area contributed by atoms with E-state index in [0.29, 0.717) is 11.1 Å². The number of hydrazine groups is 1. The zero-order chi connectivity index (χ0) is 8.43. The Hall–Kier alpha value is -0.390. The quantitative estimate of drug-likeness (QED) is 0.326. The highest BCUT2D eigenvalue weighted by Gasteiger charge is 2.12. The van der Waals surface area contributed by atoms with E-state index in [9.17, 15) is 0 Å². The minimum absolute atomic E-state index is 0.376. The number of aromatic nitrogens is 2. The molecule has 0 unspecified atom stereocenters. The van der Waals surface area contributed by atoms with Gasteiger partial charge in [0, 0.05) is 11.6 Å². The highest BCUT2D eigenvalue weighted by atomic mass is 79.9. The molecule has 0 fully saturated rings. The summed E-state index contributed by atoms with van der Waals surface area (Å²) in [4.78, 5) is 3.94. The highest BCUT2D eigenvalue weighted by Crippen LogP contribution is 2.17. The highest BCUT2D eigenvalue weighted by molar-refractivity contribution is 9.10. The second kappa shape index (κ2) is 3.34. The van der Waals surface area contributed by atoms with Gasteiger partial charge in [0.25, 0.3) is 5.82 Å². The van der Waals surface area contributed by atoms with Gasteiger partial charge in [-0.15, -0.1) is 0 Å². The van der Waals surface area contributed by atoms with E-state index in [2.05, 4.69) is 26.3 Å².